The number of carboxylic acid groups (broad SMARTS) is 1. The Kier molecular flexibility index (Phi) is 5.38. The average molecular weight is 293 g/mol. The number of hydroxylamine groups is 2. The standard InChI is InChI=1S/C8H9N3O2.C2HF3O2/c12-6-11-8(1-2-13-11)7-3-9-5-10-4-7;3-2(4,5)1(6)7/h3-6,8H,1-2H2;(H,6,7)/t8-;/m0./s1. The molecule has 1 aliphatic heterocycles. The lowest BCUT2D eigenvalue weighted by molar-refractivity contribution is -0.192. The van der Waals surface area contributed by atoms with Gasteiger partial charge in [0, 0.05) is 24.4 Å². The Morgan fingerprint density at radius 3 is 2.45 bits per heavy atom. The molecule has 1 fully saturated rings. The van der Waals surface area contributed by atoms with E-state index in [1.165, 1.54) is 11.4 Å². The molecular formula is C10H10F3N3O4. The summed E-state index contributed by atoms with van der Waals surface area (Å²) in [6.45, 7) is 0.568. The molecule has 20 heavy (non-hydrogen) atoms. The molecule has 1 aliphatic rings. The second kappa shape index (κ2) is 6.80. The van der Waals surface area contributed by atoms with Crippen LogP contribution in [0.25, 0.3) is 0 Å². The highest BCUT2D eigenvalue weighted by Gasteiger charge is 2.38. The molecule has 1 N–H and O–H groups in total. The molecule has 110 valence electrons. The number of rotatable bonds is 2. The summed E-state index contributed by atoms with van der Waals surface area (Å²) in [6, 6.07) is -0.0290. The highest BCUT2D eigenvalue weighted by molar-refractivity contribution is 5.73. The molecule has 1 aromatic rings. The highest BCUT2D eigenvalue weighted by Crippen LogP contribution is 2.27. The Hall–Kier alpha value is -2.23. The van der Waals surface area contributed by atoms with Crippen LogP contribution in [0.15, 0.2) is 18.7 Å². The third-order valence-corrected chi connectivity index (χ3v) is 2.25. The second-order valence-electron chi connectivity index (χ2n) is 3.58. The molecule has 0 radical (unpaired) electrons. The van der Waals surface area contributed by atoms with Crippen LogP contribution in [-0.2, 0) is 14.4 Å². The number of carbonyl (C=O) groups excluding carboxylic acids is 1. The zero-order valence-corrected chi connectivity index (χ0v) is 9.95. The number of hydrogen-bond acceptors (Lipinski definition) is 5. The van der Waals surface area contributed by atoms with E-state index in [1.54, 1.807) is 12.4 Å². The average Bonchev–Trinajstić information content (AvgIpc) is 2.87. The van der Waals surface area contributed by atoms with E-state index in [0.717, 1.165) is 12.0 Å². The Morgan fingerprint density at radius 2 is 2.00 bits per heavy atom. The summed E-state index contributed by atoms with van der Waals surface area (Å²) in [7, 11) is 0. The minimum Gasteiger partial charge on any atom is -0.475 e. The highest BCUT2D eigenvalue weighted by atomic mass is 19.4. The Labute approximate surface area is 111 Å². The Balaban J connectivity index is 0.000000246. The van der Waals surface area contributed by atoms with E-state index in [2.05, 4.69) is 9.97 Å². The summed E-state index contributed by atoms with van der Waals surface area (Å²) >= 11 is 0. The van der Waals surface area contributed by atoms with Crippen molar-refractivity contribution in [3.63, 3.8) is 0 Å². The van der Waals surface area contributed by atoms with Crippen molar-refractivity contribution in [3.8, 4) is 0 Å². The maximum atomic E-state index is 10.6. The summed E-state index contributed by atoms with van der Waals surface area (Å²) in [5.74, 6) is -2.76. The van der Waals surface area contributed by atoms with Crippen molar-refractivity contribution in [2.24, 2.45) is 0 Å². The molecule has 1 aromatic heterocycles. The van der Waals surface area contributed by atoms with E-state index in [4.69, 9.17) is 14.7 Å². The molecule has 1 amide bonds. The fourth-order valence-electron chi connectivity index (χ4n) is 1.39. The number of alkyl halides is 3. The van der Waals surface area contributed by atoms with Crippen molar-refractivity contribution in [3.05, 3.63) is 24.3 Å². The van der Waals surface area contributed by atoms with Gasteiger partial charge in [0.25, 0.3) is 0 Å². The molecule has 0 unspecified atom stereocenters. The largest absolute Gasteiger partial charge is 0.490 e. The molecule has 7 nitrogen and oxygen atoms in total. The van der Waals surface area contributed by atoms with E-state index >= 15 is 0 Å². The van der Waals surface area contributed by atoms with Crippen molar-refractivity contribution in [1.82, 2.24) is 15.0 Å². The van der Waals surface area contributed by atoms with Crippen molar-refractivity contribution in [2.75, 3.05) is 6.61 Å². The van der Waals surface area contributed by atoms with Crippen LogP contribution >= 0.6 is 0 Å². The molecular weight excluding hydrogens is 283 g/mol. The first kappa shape index (κ1) is 15.8. The van der Waals surface area contributed by atoms with E-state index in [0.29, 0.717) is 13.0 Å². The predicted molar refractivity (Wildman–Crippen MR) is 56.9 cm³/mol. The van der Waals surface area contributed by atoms with E-state index < -0.39 is 12.1 Å². The topological polar surface area (TPSA) is 92.6 Å². The molecule has 2 heterocycles. The number of carboxylic acids is 1. The minimum atomic E-state index is -5.08. The summed E-state index contributed by atoms with van der Waals surface area (Å²) in [5, 5.41) is 8.43. The summed E-state index contributed by atoms with van der Waals surface area (Å²) in [4.78, 5) is 32.3. The Bertz CT molecular complexity index is 455. The summed E-state index contributed by atoms with van der Waals surface area (Å²) in [6.07, 6.45) is 1.26. The van der Waals surface area contributed by atoms with Gasteiger partial charge in [-0.2, -0.15) is 13.2 Å². The van der Waals surface area contributed by atoms with Gasteiger partial charge in [0.1, 0.15) is 6.33 Å². The van der Waals surface area contributed by atoms with Crippen LogP contribution < -0.4 is 0 Å². The zero-order chi connectivity index (χ0) is 15.2. The number of aliphatic carboxylic acids is 1. The van der Waals surface area contributed by atoms with Gasteiger partial charge >= 0.3 is 12.1 Å². The van der Waals surface area contributed by atoms with Gasteiger partial charge in [-0.1, -0.05) is 0 Å². The third kappa shape index (κ3) is 4.46. The molecule has 1 saturated heterocycles. The van der Waals surface area contributed by atoms with Crippen molar-refractivity contribution in [2.45, 2.75) is 18.6 Å². The molecule has 1 atom stereocenters. The molecule has 0 saturated carbocycles. The SMILES string of the molecule is O=C(O)C(F)(F)F.O=CN1OCC[C@H]1c1cncnc1. The van der Waals surface area contributed by atoms with Gasteiger partial charge in [0.15, 0.2) is 0 Å². The van der Waals surface area contributed by atoms with E-state index in [1.807, 2.05) is 0 Å². The molecule has 10 heteroatoms. The number of carbonyl (C=O) groups is 2. The maximum absolute atomic E-state index is 10.6. The fourth-order valence-corrected chi connectivity index (χ4v) is 1.39. The lowest BCUT2D eigenvalue weighted by atomic mass is 10.1. The molecule has 0 spiro atoms. The molecule has 0 aromatic carbocycles. The van der Waals surface area contributed by atoms with Crippen LogP contribution in [0.4, 0.5) is 13.2 Å². The van der Waals surface area contributed by atoms with Crippen LogP contribution in [0.5, 0.6) is 0 Å². The van der Waals surface area contributed by atoms with Gasteiger partial charge < -0.3 is 5.11 Å². The molecule has 2 rings (SSSR count). The van der Waals surface area contributed by atoms with Gasteiger partial charge in [0.05, 0.1) is 12.6 Å². The number of amides is 1. The van der Waals surface area contributed by atoms with E-state index in [-0.39, 0.29) is 6.04 Å². The molecule has 0 bridgehead atoms. The van der Waals surface area contributed by atoms with Crippen LogP contribution in [0.1, 0.15) is 18.0 Å². The van der Waals surface area contributed by atoms with Crippen LogP contribution in [0, 0.1) is 0 Å². The number of nitrogens with zero attached hydrogens (tertiary/aromatic N) is 3. The first-order chi connectivity index (χ1) is 9.36. The number of aromatic nitrogens is 2. The second-order valence-corrected chi connectivity index (χ2v) is 3.58. The number of halogens is 3. The maximum Gasteiger partial charge on any atom is 0.490 e. The molecule has 0 aliphatic carbocycles. The zero-order valence-electron chi connectivity index (χ0n) is 9.95. The van der Waals surface area contributed by atoms with Gasteiger partial charge in [-0.15, -0.1) is 0 Å². The van der Waals surface area contributed by atoms with Crippen LogP contribution in [-0.4, -0.2) is 45.3 Å². The normalized spacial score (nSPS) is 18.1. The number of hydrogen-bond donors (Lipinski definition) is 1. The third-order valence-electron chi connectivity index (χ3n) is 2.25. The van der Waals surface area contributed by atoms with Crippen molar-refractivity contribution < 1.29 is 32.7 Å². The smallest absolute Gasteiger partial charge is 0.475 e. The van der Waals surface area contributed by atoms with Crippen LogP contribution in [0.3, 0.4) is 0 Å². The minimum absolute atomic E-state index is 0.0290. The van der Waals surface area contributed by atoms with Crippen molar-refractivity contribution >= 4 is 12.4 Å². The first-order valence-corrected chi connectivity index (χ1v) is 5.28. The monoisotopic (exact) mass is 293 g/mol. The lowest BCUT2D eigenvalue weighted by Crippen LogP contribution is -2.21. The summed E-state index contributed by atoms with van der Waals surface area (Å²) in [5.41, 5.74) is 0.909. The van der Waals surface area contributed by atoms with Gasteiger partial charge in [-0.25, -0.2) is 19.8 Å². The first-order valence-electron chi connectivity index (χ1n) is 5.28. The Morgan fingerprint density at radius 1 is 1.45 bits per heavy atom. The van der Waals surface area contributed by atoms with E-state index in [9.17, 15) is 18.0 Å². The van der Waals surface area contributed by atoms with Gasteiger partial charge in [0.2, 0.25) is 6.41 Å². The summed E-state index contributed by atoms with van der Waals surface area (Å²) < 4.78 is 31.7. The van der Waals surface area contributed by atoms with Crippen molar-refractivity contribution in [1.29, 1.82) is 0 Å². The fraction of sp³-hybridized carbons (Fsp3) is 0.400. The van der Waals surface area contributed by atoms with Gasteiger partial charge in [-0.3, -0.25) is 9.63 Å². The van der Waals surface area contributed by atoms with Crippen LogP contribution in [0.2, 0.25) is 0 Å². The quantitative estimate of drug-likeness (QED) is 0.816. The lowest BCUT2D eigenvalue weighted by Gasteiger charge is -2.16. The predicted octanol–water partition coefficient (Wildman–Crippen LogP) is 0.945. The van der Waals surface area contributed by atoms with Gasteiger partial charge in [-0.05, 0) is 0 Å².